The maximum atomic E-state index is 13.6. The van der Waals surface area contributed by atoms with Crippen molar-refractivity contribution in [2.24, 2.45) is 0 Å². The van der Waals surface area contributed by atoms with Crippen LogP contribution in [0.3, 0.4) is 0 Å². The average Bonchev–Trinajstić information content (AvgIpc) is 2.44. The number of nitrogens with zero attached hydrogens (tertiary/aromatic N) is 1. The van der Waals surface area contributed by atoms with Crippen LogP contribution in [0, 0.1) is 19.7 Å². The summed E-state index contributed by atoms with van der Waals surface area (Å²) in [7, 11) is 0. The quantitative estimate of drug-likeness (QED) is 0.888. The van der Waals surface area contributed by atoms with Crippen LogP contribution in [0.1, 0.15) is 42.9 Å². The molecular weight excluding hydrogens is 251 g/mol. The molecule has 0 aromatic heterocycles. The van der Waals surface area contributed by atoms with Gasteiger partial charge in [0.05, 0.1) is 0 Å². The number of nitrogens with one attached hydrogen (secondary N) is 1. The van der Waals surface area contributed by atoms with Crippen LogP contribution in [0.2, 0.25) is 0 Å². The number of hydrogen-bond donors (Lipinski definition) is 1. The van der Waals surface area contributed by atoms with Crippen molar-refractivity contribution < 1.29 is 4.39 Å². The zero-order valence-electron chi connectivity index (χ0n) is 13.0. The van der Waals surface area contributed by atoms with Gasteiger partial charge < -0.3 is 10.2 Å². The molecule has 0 saturated carbocycles. The molecule has 1 aliphatic rings. The molecule has 0 spiro atoms. The highest BCUT2D eigenvalue weighted by molar-refractivity contribution is 5.30. The molecule has 2 rings (SSSR count). The summed E-state index contributed by atoms with van der Waals surface area (Å²) in [5, 5.41) is 3.63. The monoisotopic (exact) mass is 278 g/mol. The molecule has 1 saturated heterocycles. The van der Waals surface area contributed by atoms with E-state index < -0.39 is 0 Å². The minimum Gasteiger partial charge on any atom is -0.310 e. The zero-order valence-corrected chi connectivity index (χ0v) is 13.0. The zero-order chi connectivity index (χ0) is 14.5. The summed E-state index contributed by atoms with van der Waals surface area (Å²) in [6, 6.07) is 4.53. The highest BCUT2D eigenvalue weighted by Gasteiger charge is 2.18. The number of benzene rings is 1. The second-order valence-electron chi connectivity index (χ2n) is 6.04. The molecule has 0 amide bonds. The molecule has 1 heterocycles. The minimum atomic E-state index is -0.0679. The summed E-state index contributed by atoms with van der Waals surface area (Å²) >= 11 is 0. The summed E-state index contributed by atoms with van der Waals surface area (Å²) in [5.74, 6) is -0.0679. The van der Waals surface area contributed by atoms with E-state index in [2.05, 4.69) is 17.1 Å². The van der Waals surface area contributed by atoms with Crippen molar-refractivity contribution in [3.8, 4) is 0 Å². The van der Waals surface area contributed by atoms with Gasteiger partial charge in [0.25, 0.3) is 0 Å². The van der Waals surface area contributed by atoms with Crippen molar-refractivity contribution in [2.75, 3.05) is 19.6 Å². The summed E-state index contributed by atoms with van der Waals surface area (Å²) < 4.78 is 13.6. The molecule has 1 aromatic carbocycles. The van der Waals surface area contributed by atoms with Crippen LogP contribution in [0.15, 0.2) is 12.1 Å². The lowest BCUT2D eigenvalue weighted by molar-refractivity contribution is 0.197. The third kappa shape index (κ3) is 4.03. The van der Waals surface area contributed by atoms with E-state index in [-0.39, 0.29) is 5.82 Å². The highest BCUT2D eigenvalue weighted by Crippen LogP contribution is 2.16. The summed E-state index contributed by atoms with van der Waals surface area (Å²) in [4.78, 5) is 2.55. The average molecular weight is 278 g/mol. The van der Waals surface area contributed by atoms with Gasteiger partial charge in [0.2, 0.25) is 0 Å². The molecule has 0 unspecified atom stereocenters. The fourth-order valence-corrected chi connectivity index (χ4v) is 3.08. The fourth-order valence-electron chi connectivity index (χ4n) is 3.08. The molecule has 0 aliphatic carbocycles. The number of hydrogen-bond acceptors (Lipinski definition) is 2. The standard InChI is InChI=1S/C17H27FN2/c1-4-7-20-8-5-16(6-9-20)19-12-15-10-13(2)17(18)14(3)11-15/h10-11,16,19H,4-9,12H2,1-3H3. The van der Waals surface area contributed by atoms with Gasteiger partial charge in [0.1, 0.15) is 5.82 Å². The third-order valence-corrected chi connectivity index (χ3v) is 4.22. The maximum absolute atomic E-state index is 13.6. The lowest BCUT2D eigenvalue weighted by atomic mass is 10.0. The first-order valence-electron chi connectivity index (χ1n) is 7.81. The van der Waals surface area contributed by atoms with E-state index in [0.717, 1.165) is 17.7 Å². The van der Waals surface area contributed by atoms with E-state index in [9.17, 15) is 4.39 Å². The Hall–Kier alpha value is -0.930. The first-order chi connectivity index (χ1) is 9.60. The predicted molar refractivity (Wildman–Crippen MR) is 82.5 cm³/mol. The smallest absolute Gasteiger partial charge is 0.129 e. The lowest BCUT2D eigenvalue weighted by Gasteiger charge is -2.32. The number of piperidine rings is 1. The molecule has 1 fully saturated rings. The Morgan fingerprint density at radius 3 is 2.35 bits per heavy atom. The molecule has 20 heavy (non-hydrogen) atoms. The van der Waals surface area contributed by atoms with Crippen LogP contribution < -0.4 is 5.32 Å². The van der Waals surface area contributed by atoms with Crippen molar-refractivity contribution in [1.82, 2.24) is 10.2 Å². The second kappa shape index (κ2) is 7.19. The van der Waals surface area contributed by atoms with E-state index in [4.69, 9.17) is 0 Å². The molecule has 2 nitrogen and oxygen atoms in total. The van der Waals surface area contributed by atoms with Crippen molar-refractivity contribution >= 4 is 0 Å². The Kier molecular flexibility index (Phi) is 5.55. The predicted octanol–water partition coefficient (Wildman–Crippen LogP) is 3.41. The van der Waals surface area contributed by atoms with Crippen molar-refractivity contribution in [2.45, 2.75) is 52.6 Å². The molecule has 1 N–H and O–H groups in total. The SMILES string of the molecule is CCCN1CCC(NCc2cc(C)c(F)c(C)c2)CC1. The Morgan fingerprint density at radius 1 is 1.20 bits per heavy atom. The molecular formula is C17H27FN2. The Bertz CT molecular complexity index is 414. The maximum Gasteiger partial charge on any atom is 0.129 e. The van der Waals surface area contributed by atoms with Crippen LogP contribution in [0.4, 0.5) is 4.39 Å². The molecule has 3 heteroatoms. The van der Waals surface area contributed by atoms with Gasteiger partial charge in [-0.15, -0.1) is 0 Å². The Labute approximate surface area is 122 Å². The molecule has 0 atom stereocenters. The molecule has 1 aliphatic heterocycles. The number of rotatable bonds is 5. The normalized spacial score (nSPS) is 17.6. The van der Waals surface area contributed by atoms with E-state index in [1.807, 2.05) is 26.0 Å². The first-order valence-corrected chi connectivity index (χ1v) is 7.81. The first kappa shape index (κ1) is 15.5. The van der Waals surface area contributed by atoms with Gasteiger partial charge >= 0.3 is 0 Å². The Morgan fingerprint density at radius 2 is 1.80 bits per heavy atom. The lowest BCUT2D eigenvalue weighted by Crippen LogP contribution is -2.42. The van der Waals surface area contributed by atoms with E-state index in [0.29, 0.717) is 6.04 Å². The van der Waals surface area contributed by atoms with Gasteiger partial charge in [-0.3, -0.25) is 0 Å². The topological polar surface area (TPSA) is 15.3 Å². The van der Waals surface area contributed by atoms with E-state index in [1.165, 1.54) is 44.5 Å². The van der Waals surface area contributed by atoms with Gasteiger partial charge in [-0.25, -0.2) is 4.39 Å². The molecule has 1 aromatic rings. The van der Waals surface area contributed by atoms with Crippen LogP contribution in [-0.4, -0.2) is 30.6 Å². The summed E-state index contributed by atoms with van der Waals surface area (Å²) in [5.41, 5.74) is 2.69. The van der Waals surface area contributed by atoms with Crippen molar-refractivity contribution in [1.29, 1.82) is 0 Å². The van der Waals surface area contributed by atoms with Crippen molar-refractivity contribution in [3.05, 3.63) is 34.6 Å². The fraction of sp³-hybridized carbons (Fsp3) is 0.647. The molecule has 0 bridgehead atoms. The van der Waals surface area contributed by atoms with Gasteiger partial charge in [-0.1, -0.05) is 19.1 Å². The van der Waals surface area contributed by atoms with Gasteiger partial charge in [-0.05, 0) is 69.4 Å². The van der Waals surface area contributed by atoms with E-state index in [1.54, 1.807) is 0 Å². The summed E-state index contributed by atoms with van der Waals surface area (Å²) in [6.45, 7) is 10.4. The van der Waals surface area contributed by atoms with Gasteiger partial charge in [0.15, 0.2) is 0 Å². The largest absolute Gasteiger partial charge is 0.310 e. The summed E-state index contributed by atoms with van der Waals surface area (Å²) in [6.07, 6.45) is 3.69. The Balaban J connectivity index is 1.82. The van der Waals surface area contributed by atoms with Gasteiger partial charge in [-0.2, -0.15) is 0 Å². The third-order valence-electron chi connectivity index (χ3n) is 4.22. The molecule has 0 radical (unpaired) electrons. The highest BCUT2D eigenvalue weighted by atomic mass is 19.1. The van der Waals surface area contributed by atoms with Crippen LogP contribution in [-0.2, 0) is 6.54 Å². The second-order valence-corrected chi connectivity index (χ2v) is 6.04. The van der Waals surface area contributed by atoms with Crippen LogP contribution >= 0.6 is 0 Å². The van der Waals surface area contributed by atoms with E-state index >= 15 is 0 Å². The van der Waals surface area contributed by atoms with Crippen LogP contribution in [0.25, 0.3) is 0 Å². The van der Waals surface area contributed by atoms with Crippen LogP contribution in [0.5, 0.6) is 0 Å². The van der Waals surface area contributed by atoms with Gasteiger partial charge in [0, 0.05) is 12.6 Å². The number of halogens is 1. The van der Waals surface area contributed by atoms with Crippen molar-refractivity contribution in [3.63, 3.8) is 0 Å². The number of likely N-dealkylation sites (tertiary alicyclic amines) is 1. The minimum absolute atomic E-state index is 0.0679. The number of aryl methyl sites for hydroxylation is 2. The molecule has 112 valence electrons.